The standard InChI is InChI=1S/C7H4ClN3O/c8-7-6(10-12-11-7)5-3-1-2-4-9-5/h1-4H. The van der Waals surface area contributed by atoms with Gasteiger partial charge in [-0.25, -0.2) is 4.63 Å². The van der Waals surface area contributed by atoms with E-state index in [1.54, 1.807) is 12.3 Å². The van der Waals surface area contributed by atoms with Gasteiger partial charge in [0, 0.05) is 6.20 Å². The zero-order valence-corrected chi connectivity index (χ0v) is 6.69. The average molecular weight is 182 g/mol. The van der Waals surface area contributed by atoms with Gasteiger partial charge in [0.05, 0.1) is 5.69 Å². The molecule has 5 heteroatoms. The molecule has 0 aliphatic heterocycles. The molecule has 0 unspecified atom stereocenters. The molecule has 0 aliphatic carbocycles. The summed E-state index contributed by atoms with van der Waals surface area (Å²) in [7, 11) is 0. The van der Waals surface area contributed by atoms with Gasteiger partial charge in [0.2, 0.25) is 5.15 Å². The lowest BCUT2D eigenvalue weighted by Gasteiger charge is -1.90. The van der Waals surface area contributed by atoms with Crippen molar-refractivity contribution in [1.82, 2.24) is 15.3 Å². The van der Waals surface area contributed by atoms with Gasteiger partial charge in [-0.3, -0.25) is 4.98 Å². The van der Waals surface area contributed by atoms with Gasteiger partial charge in [-0.15, -0.1) is 0 Å². The van der Waals surface area contributed by atoms with Gasteiger partial charge in [0.25, 0.3) is 0 Å². The molecule has 0 saturated carbocycles. The van der Waals surface area contributed by atoms with Crippen LogP contribution in [0.4, 0.5) is 0 Å². The topological polar surface area (TPSA) is 51.8 Å². The fourth-order valence-electron chi connectivity index (χ4n) is 0.833. The second-order valence-corrected chi connectivity index (χ2v) is 2.48. The highest BCUT2D eigenvalue weighted by molar-refractivity contribution is 6.31. The Labute approximate surface area is 73.1 Å². The molecule has 0 N–H and O–H groups in total. The Morgan fingerprint density at radius 2 is 2.17 bits per heavy atom. The summed E-state index contributed by atoms with van der Waals surface area (Å²) in [6.07, 6.45) is 1.65. The van der Waals surface area contributed by atoms with E-state index >= 15 is 0 Å². The van der Waals surface area contributed by atoms with Crippen LogP contribution in [0.15, 0.2) is 29.0 Å². The van der Waals surface area contributed by atoms with E-state index in [4.69, 9.17) is 11.6 Å². The monoisotopic (exact) mass is 181 g/mol. The highest BCUT2D eigenvalue weighted by Gasteiger charge is 2.09. The van der Waals surface area contributed by atoms with E-state index in [0.717, 1.165) is 0 Å². The molecule has 60 valence electrons. The van der Waals surface area contributed by atoms with Gasteiger partial charge >= 0.3 is 0 Å². The summed E-state index contributed by atoms with van der Waals surface area (Å²) < 4.78 is 4.43. The fraction of sp³-hybridized carbons (Fsp3) is 0. The van der Waals surface area contributed by atoms with Crippen LogP contribution < -0.4 is 0 Å². The van der Waals surface area contributed by atoms with Crippen LogP contribution in [-0.4, -0.2) is 15.3 Å². The van der Waals surface area contributed by atoms with Crippen LogP contribution in [0.1, 0.15) is 0 Å². The van der Waals surface area contributed by atoms with Crippen molar-refractivity contribution < 1.29 is 4.63 Å². The molecule has 0 fully saturated rings. The number of rotatable bonds is 1. The number of nitrogens with zero attached hydrogens (tertiary/aromatic N) is 3. The second-order valence-electron chi connectivity index (χ2n) is 2.12. The minimum absolute atomic E-state index is 0.230. The molecule has 0 aromatic carbocycles. The molecular formula is C7H4ClN3O. The Kier molecular flexibility index (Phi) is 1.75. The van der Waals surface area contributed by atoms with E-state index in [1.807, 2.05) is 12.1 Å². The first kappa shape index (κ1) is 7.24. The Hall–Kier alpha value is -1.42. The van der Waals surface area contributed by atoms with E-state index in [1.165, 1.54) is 0 Å². The fourth-order valence-corrected chi connectivity index (χ4v) is 0.995. The first-order valence-corrected chi connectivity index (χ1v) is 3.65. The van der Waals surface area contributed by atoms with Crippen molar-refractivity contribution in [1.29, 1.82) is 0 Å². The van der Waals surface area contributed by atoms with E-state index in [-0.39, 0.29) is 5.15 Å². The molecule has 0 radical (unpaired) electrons. The van der Waals surface area contributed by atoms with Crippen molar-refractivity contribution >= 4 is 11.6 Å². The van der Waals surface area contributed by atoms with Crippen LogP contribution in [0.5, 0.6) is 0 Å². The zero-order chi connectivity index (χ0) is 8.39. The van der Waals surface area contributed by atoms with Gasteiger partial charge in [0.1, 0.15) is 0 Å². The van der Waals surface area contributed by atoms with E-state index in [2.05, 4.69) is 19.9 Å². The summed E-state index contributed by atoms with van der Waals surface area (Å²) in [6, 6.07) is 5.43. The van der Waals surface area contributed by atoms with Crippen LogP contribution >= 0.6 is 11.6 Å². The number of halogens is 1. The molecule has 4 nitrogen and oxygen atoms in total. The highest BCUT2D eigenvalue weighted by atomic mass is 35.5. The Morgan fingerprint density at radius 3 is 2.75 bits per heavy atom. The molecule has 2 aromatic heterocycles. The molecule has 0 amide bonds. The minimum Gasteiger partial charge on any atom is -0.254 e. The molecule has 12 heavy (non-hydrogen) atoms. The lowest BCUT2D eigenvalue weighted by atomic mass is 10.3. The normalized spacial score (nSPS) is 10.1. The predicted molar refractivity (Wildman–Crippen MR) is 42.5 cm³/mol. The van der Waals surface area contributed by atoms with Crippen LogP contribution in [0, 0.1) is 0 Å². The third-order valence-electron chi connectivity index (χ3n) is 1.36. The number of hydrogen-bond donors (Lipinski definition) is 0. The van der Waals surface area contributed by atoms with Gasteiger partial charge in [-0.05, 0) is 22.4 Å². The number of pyridine rings is 1. The van der Waals surface area contributed by atoms with Gasteiger partial charge in [-0.1, -0.05) is 17.7 Å². The predicted octanol–water partition coefficient (Wildman–Crippen LogP) is 1.78. The van der Waals surface area contributed by atoms with E-state index in [9.17, 15) is 0 Å². The zero-order valence-electron chi connectivity index (χ0n) is 5.94. The first-order chi connectivity index (χ1) is 5.88. The van der Waals surface area contributed by atoms with Crippen LogP contribution in [-0.2, 0) is 0 Å². The lowest BCUT2D eigenvalue weighted by Crippen LogP contribution is -1.81. The number of aromatic nitrogens is 3. The Balaban J connectivity index is 2.51. The van der Waals surface area contributed by atoms with Crippen molar-refractivity contribution in [2.45, 2.75) is 0 Å². The minimum atomic E-state index is 0.230. The molecule has 2 aromatic rings. The summed E-state index contributed by atoms with van der Waals surface area (Å²) in [5.74, 6) is 0. The average Bonchev–Trinajstić information content (AvgIpc) is 2.53. The SMILES string of the molecule is Clc1nonc1-c1ccccn1. The van der Waals surface area contributed by atoms with Crippen molar-refractivity contribution in [2.75, 3.05) is 0 Å². The maximum absolute atomic E-state index is 5.67. The second kappa shape index (κ2) is 2.91. The lowest BCUT2D eigenvalue weighted by molar-refractivity contribution is 0.308. The molecule has 0 atom stereocenters. The van der Waals surface area contributed by atoms with Crippen molar-refractivity contribution in [2.24, 2.45) is 0 Å². The molecule has 2 heterocycles. The number of hydrogen-bond acceptors (Lipinski definition) is 4. The van der Waals surface area contributed by atoms with Crippen LogP contribution in [0.3, 0.4) is 0 Å². The van der Waals surface area contributed by atoms with Crippen molar-refractivity contribution in [3.8, 4) is 11.4 Å². The van der Waals surface area contributed by atoms with E-state index < -0.39 is 0 Å². The van der Waals surface area contributed by atoms with Gasteiger partial charge < -0.3 is 0 Å². The van der Waals surface area contributed by atoms with Crippen molar-refractivity contribution in [3.63, 3.8) is 0 Å². The van der Waals surface area contributed by atoms with E-state index in [0.29, 0.717) is 11.4 Å². The molecule has 0 saturated heterocycles. The van der Waals surface area contributed by atoms with Crippen molar-refractivity contribution in [3.05, 3.63) is 29.5 Å². The third-order valence-corrected chi connectivity index (χ3v) is 1.60. The van der Waals surface area contributed by atoms with Crippen LogP contribution in [0.25, 0.3) is 11.4 Å². The summed E-state index contributed by atoms with van der Waals surface area (Å²) in [4.78, 5) is 4.04. The first-order valence-electron chi connectivity index (χ1n) is 3.27. The van der Waals surface area contributed by atoms with Gasteiger partial charge in [0.15, 0.2) is 5.69 Å². The molecular weight excluding hydrogens is 178 g/mol. The summed E-state index contributed by atoms with van der Waals surface area (Å²) in [6.45, 7) is 0. The summed E-state index contributed by atoms with van der Waals surface area (Å²) in [5.41, 5.74) is 1.13. The summed E-state index contributed by atoms with van der Waals surface area (Å²) >= 11 is 5.67. The smallest absolute Gasteiger partial charge is 0.203 e. The quantitative estimate of drug-likeness (QED) is 0.673. The third kappa shape index (κ3) is 1.16. The maximum Gasteiger partial charge on any atom is 0.203 e. The molecule has 0 aliphatic rings. The summed E-state index contributed by atoms with van der Waals surface area (Å²) in [5, 5.41) is 7.27. The van der Waals surface area contributed by atoms with Gasteiger partial charge in [-0.2, -0.15) is 0 Å². The molecule has 0 bridgehead atoms. The Bertz CT molecular complexity index is 373. The largest absolute Gasteiger partial charge is 0.254 e. The molecule has 2 rings (SSSR count). The maximum atomic E-state index is 5.67. The highest BCUT2D eigenvalue weighted by Crippen LogP contribution is 2.20. The molecule has 0 spiro atoms. The Morgan fingerprint density at radius 1 is 1.25 bits per heavy atom. The van der Waals surface area contributed by atoms with Crippen LogP contribution in [0.2, 0.25) is 5.15 Å².